The molecule has 1 aromatic rings. The summed E-state index contributed by atoms with van der Waals surface area (Å²) in [4.78, 5) is 0. The molecule has 1 aromatic carbocycles. The molecule has 0 unspecified atom stereocenters. The molecule has 2 saturated carbocycles. The van der Waals surface area contributed by atoms with Crippen molar-refractivity contribution in [1.82, 2.24) is 5.32 Å². The maximum Gasteiger partial charge on any atom is 0.0587 e. The lowest BCUT2D eigenvalue weighted by atomic mass is 9.44. The maximum atomic E-state index is 5.12. The lowest BCUT2D eigenvalue weighted by Crippen LogP contribution is -2.57. The molecule has 0 aliphatic heterocycles. The summed E-state index contributed by atoms with van der Waals surface area (Å²) in [5.41, 5.74) is 2.62. The number of hydrogen-bond acceptors (Lipinski definition) is 2. The second-order valence-electron chi connectivity index (χ2n) is 6.52. The van der Waals surface area contributed by atoms with E-state index in [1.165, 1.54) is 37.7 Å². The summed E-state index contributed by atoms with van der Waals surface area (Å²) in [7, 11) is 1.77. The first-order valence-corrected chi connectivity index (χ1v) is 7.54. The molecule has 0 radical (unpaired) electrons. The highest BCUT2D eigenvalue weighted by Crippen LogP contribution is 2.64. The van der Waals surface area contributed by atoms with Gasteiger partial charge in [0.15, 0.2) is 0 Å². The number of methoxy groups -OCH3 is 1. The van der Waals surface area contributed by atoms with Crippen molar-refractivity contribution in [2.75, 3.05) is 26.8 Å². The van der Waals surface area contributed by atoms with Gasteiger partial charge in [-0.3, -0.25) is 0 Å². The van der Waals surface area contributed by atoms with E-state index in [0.29, 0.717) is 10.8 Å². The Bertz CT molecular complexity index is 403. The molecule has 0 aromatic heterocycles. The third-order valence-electron chi connectivity index (χ3n) is 5.17. The second-order valence-corrected chi connectivity index (χ2v) is 6.52. The van der Waals surface area contributed by atoms with Gasteiger partial charge in [0.05, 0.1) is 6.61 Å². The van der Waals surface area contributed by atoms with E-state index in [1.54, 1.807) is 7.11 Å². The van der Waals surface area contributed by atoms with Crippen LogP contribution in [-0.4, -0.2) is 26.8 Å². The van der Waals surface area contributed by atoms with Gasteiger partial charge in [-0.1, -0.05) is 36.8 Å². The van der Waals surface area contributed by atoms with Crippen LogP contribution in [-0.2, 0) is 10.2 Å². The molecule has 2 aliphatic carbocycles. The van der Waals surface area contributed by atoms with E-state index < -0.39 is 0 Å². The molecule has 19 heavy (non-hydrogen) atoms. The molecule has 0 atom stereocenters. The largest absolute Gasteiger partial charge is 0.383 e. The third-order valence-corrected chi connectivity index (χ3v) is 5.17. The molecular weight excluding hydrogens is 234 g/mol. The Hall–Kier alpha value is -0.860. The van der Waals surface area contributed by atoms with Crippen LogP contribution in [0.5, 0.6) is 0 Å². The molecule has 1 spiro atoms. The lowest BCUT2D eigenvalue weighted by Gasteiger charge is -2.61. The Balaban J connectivity index is 1.67. The van der Waals surface area contributed by atoms with Gasteiger partial charge in [0.25, 0.3) is 0 Å². The third kappa shape index (κ3) is 2.44. The summed E-state index contributed by atoms with van der Waals surface area (Å²) < 4.78 is 5.12. The van der Waals surface area contributed by atoms with Crippen LogP contribution in [0, 0.1) is 5.41 Å². The van der Waals surface area contributed by atoms with E-state index in [1.807, 2.05) is 0 Å². The van der Waals surface area contributed by atoms with E-state index >= 15 is 0 Å². The number of ether oxygens (including phenoxy) is 1. The molecule has 2 fully saturated rings. The monoisotopic (exact) mass is 259 g/mol. The minimum Gasteiger partial charge on any atom is -0.383 e. The summed E-state index contributed by atoms with van der Waals surface area (Å²) in [5.74, 6) is 0. The molecule has 2 aliphatic rings. The predicted octanol–water partition coefficient (Wildman–Crippen LogP) is 3.12. The molecule has 2 nitrogen and oxygen atoms in total. The van der Waals surface area contributed by atoms with E-state index in [9.17, 15) is 0 Å². The normalized spacial score (nSPS) is 22.8. The van der Waals surface area contributed by atoms with E-state index in [4.69, 9.17) is 4.74 Å². The average Bonchev–Trinajstić information content (AvgIpc) is 2.36. The molecular formula is C17H25NO. The van der Waals surface area contributed by atoms with E-state index in [-0.39, 0.29) is 0 Å². The minimum absolute atomic E-state index is 0.384. The molecule has 104 valence electrons. The zero-order valence-electron chi connectivity index (χ0n) is 12.0. The summed E-state index contributed by atoms with van der Waals surface area (Å²) in [6.07, 6.45) is 7.12. The second kappa shape index (κ2) is 5.26. The molecule has 0 amide bonds. The fourth-order valence-electron chi connectivity index (χ4n) is 4.14. The van der Waals surface area contributed by atoms with Gasteiger partial charge >= 0.3 is 0 Å². The first-order valence-electron chi connectivity index (χ1n) is 7.54. The van der Waals surface area contributed by atoms with Crippen LogP contribution in [0.3, 0.4) is 0 Å². The van der Waals surface area contributed by atoms with Crippen molar-refractivity contribution in [3.63, 3.8) is 0 Å². The maximum absolute atomic E-state index is 5.12. The first-order chi connectivity index (χ1) is 9.29. The molecule has 1 N–H and O–H groups in total. The molecule has 0 saturated heterocycles. The highest BCUT2D eigenvalue weighted by atomic mass is 16.5. The average molecular weight is 259 g/mol. The number of nitrogens with one attached hydrogen (secondary N) is 1. The van der Waals surface area contributed by atoms with Crippen LogP contribution in [0.1, 0.15) is 37.7 Å². The summed E-state index contributed by atoms with van der Waals surface area (Å²) >= 11 is 0. The van der Waals surface area contributed by atoms with E-state index in [0.717, 1.165) is 19.7 Å². The topological polar surface area (TPSA) is 21.3 Å². The molecule has 3 rings (SSSR count). The Kier molecular flexibility index (Phi) is 3.64. The van der Waals surface area contributed by atoms with Gasteiger partial charge in [-0.2, -0.15) is 0 Å². The van der Waals surface area contributed by atoms with Crippen LogP contribution in [0.25, 0.3) is 0 Å². The van der Waals surface area contributed by atoms with Gasteiger partial charge in [-0.05, 0) is 36.7 Å². The van der Waals surface area contributed by atoms with Crippen LogP contribution in [0.15, 0.2) is 30.3 Å². The fourth-order valence-corrected chi connectivity index (χ4v) is 4.14. The number of benzene rings is 1. The van der Waals surface area contributed by atoms with Crippen molar-refractivity contribution in [1.29, 1.82) is 0 Å². The summed E-state index contributed by atoms with van der Waals surface area (Å²) in [6, 6.07) is 11.1. The van der Waals surface area contributed by atoms with Gasteiger partial charge in [0.1, 0.15) is 0 Å². The van der Waals surface area contributed by atoms with Crippen molar-refractivity contribution in [2.24, 2.45) is 5.41 Å². The summed E-state index contributed by atoms with van der Waals surface area (Å²) in [6.45, 7) is 2.86. The standard InChI is InChI=1S/C17H25NO/c1-19-11-10-18-14-17(15-6-3-2-4-7-15)12-16(13-17)8-5-9-16/h2-4,6-7,18H,5,8-14H2,1H3. The van der Waals surface area contributed by atoms with Crippen LogP contribution in [0.2, 0.25) is 0 Å². The van der Waals surface area contributed by atoms with Crippen molar-refractivity contribution >= 4 is 0 Å². The summed E-state index contributed by atoms with van der Waals surface area (Å²) in [5, 5.41) is 3.59. The molecule has 0 bridgehead atoms. The molecule has 2 heteroatoms. The Morgan fingerprint density at radius 1 is 1.16 bits per heavy atom. The van der Waals surface area contributed by atoms with Crippen LogP contribution >= 0.6 is 0 Å². The zero-order chi connectivity index (χ0) is 13.2. The van der Waals surface area contributed by atoms with Gasteiger partial charge in [0.2, 0.25) is 0 Å². The fraction of sp³-hybridized carbons (Fsp3) is 0.647. The predicted molar refractivity (Wildman–Crippen MR) is 78.4 cm³/mol. The van der Waals surface area contributed by atoms with Crippen LogP contribution in [0.4, 0.5) is 0 Å². The van der Waals surface area contributed by atoms with Gasteiger partial charge < -0.3 is 10.1 Å². The first kappa shape index (κ1) is 13.1. The lowest BCUT2D eigenvalue weighted by molar-refractivity contribution is -0.0485. The molecule has 0 heterocycles. The smallest absolute Gasteiger partial charge is 0.0587 e. The highest BCUT2D eigenvalue weighted by molar-refractivity contribution is 5.32. The Morgan fingerprint density at radius 2 is 1.89 bits per heavy atom. The van der Waals surface area contributed by atoms with Gasteiger partial charge in [0, 0.05) is 25.6 Å². The van der Waals surface area contributed by atoms with Gasteiger partial charge in [-0.15, -0.1) is 0 Å². The van der Waals surface area contributed by atoms with Crippen molar-refractivity contribution in [3.8, 4) is 0 Å². The quantitative estimate of drug-likeness (QED) is 0.793. The van der Waals surface area contributed by atoms with Crippen molar-refractivity contribution in [3.05, 3.63) is 35.9 Å². The van der Waals surface area contributed by atoms with Gasteiger partial charge in [-0.25, -0.2) is 0 Å². The SMILES string of the molecule is COCCNCC1(c2ccccc2)CC2(CCC2)C1. The highest BCUT2D eigenvalue weighted by Gasteiger charge is 2.57. The minimum atomic E-state index is 0.384. The van der Waals surface area contributed by atoms with Crippen molar-refractivity contribution in [2.45, 2.75) is 37.5 Å². The Labute approximate surface area is 116 Å². The number of hydrogen-bond donors (Lipinski definition) is 1. The van der Waals surface area contributed by atoms with E-state index in [2.05, 4.69) is 35.6 Å². The zero-order valence-corrected chi connectivity index (χ0v) is 12.0. The number of rotatable bonds is 6. The Morgan fingerprint density at radius 3 is 2.47 bits per heavy atom. The van der Waals surface area contributed by atoms with Crippen molar-refractivity contribution < 1.29 is 4.74 Å². The van der Waals surface area contributed by atoms with Crippen LogP contribution < -0.4 is 5.32 Å².